The first-order valence-corrected chi connectivity index (χ1v) is 16.8. The molecule has 0 heterocycles. The van der Waals surface area contributed by atoms with Gasteiger partial charge in [0.15, 0.2) is 0 Å². The summed E-state index contributed by atoms with van der Waals surface area (Å²) in [6.45, 7) is 1.60. The van der Waals surface area contributed by atoms with Gasteiger partial charge in [-0.05, 0) is 49.1 Å². The number of hydrogen-bond acceptors (Lipinski definition) is 5. The molecule has 0 saturated heterocycles. The van der Waals surface area contributed by atoms with E-state index in [4.69, 9.17) is 16.3 Å². The van der Waals surface area contributed by atoms with E-state index in [1.807, 2.05) is 61.5 Å². The molecule has 0 bridgehead atoms. The number of nitrogens with one attached hydrogen (secondary N) is 1. The zero-order chi connectivity index (χ0) is 31.0. The molecule has 1 unspecified atom stereocenters. The fourth-order valence-electron chi connectivity index (χ4n) is 5.53. The third-order valence-electron chi connectivity index (χ3n) is 7.76. The van der Waals surface area contributed by atoms with Crippen molar-refractivity contribution in [2.24, 2.45) is 0 Å². The average Bonchev–Trinajstić information content (AvgIpc) is 2.98. The Morgan fingerprint density at radius 1 is 0.977 bits per heavy atom. The van der Waals surface area contributed by atoms with E-state index in [2.05, 4.69) is 5.32 Å². The summed E-state index contributed by atoms with van der Waals surface area (Å²) < 4.78 is 32.3. The number of amides is 2. The van der Waals surface area contributed by atoms with E-state index in [0.29, 0.717) is 5.75 Å². The Hall–Kier alpha value is -3.56. The summed E-state index contributed by atoms with van der Waals surface area (Å²) in [5.41, 5.74) is 2.98. The Morgan fingerprint density at radius 3 is 2.30 bits per heavy atom. The standard InChI is InChI=1S/C33H40ClN3O5S/c1-24-11-10-14-26(19-24)22-36(32(38)23-37(43(3,40)41)28-17-18-31(42-2)29(34)21-28)30(20-25-12-6-4-7-13-25)33(39)35-27-15-8-5-9-16-27/h4,6-7,10-14,17-19,21,27,30H,5,8-9,15-16,20,22-23H2,1-3H3,(H,35,39). The molecule has 2 amide bonds. The smallest absolute Gasteiger partial charge is 0.244 e. The molecule has 230 valence electrons. The average molecular weight is 626 g/mol. The SMILES string of the molecule is COc1ccc(N(CC(=O)N(Cc2cccc(C)c2)C(Cc2ccccc2)C(=O)NC2CCCCC2)S(C)(=O)=O)cc1Cl. The molecule has 10 heteroatoms. The zero-order valence-corrected chi connectivity index (χ0v) is 26.5. The highest BCUT2D eigenvalue weighted by molar-refractivity contribution is 7.92. The molecule has 1 atom stereocenters. The first-order valence-electron chi connectivity index (χ1n) is 14.6. The summed E-state index contributed by atoms with van der Waals surface area (Å²) in [7, 11) is -2.44. The number of nitrogens with zero attached hydrogens (tertiary/aromatic N) is 2. The van der Waals surface area contributed by atoms with Crippen LogP contribution in [0, 0.1) is 6.92 Å². The molecule has 1 N–H and O–H groups in total. The molecular formula is C33H40ClN3O5S. The highest BCUT2D eigenvalue weighted by atomic mass is 35.5. The van der Waals surface area contributed by atoms with E-state index in [0.717, 1.165) is 59.4 Å². The maximum Gasteiger partial charge on any atom is 0.244 e. The molecule has 43 heavy (non-hydrogen) atoms. The Balaban J connectivity index is 1.73. The van der Waals surface area contributed by atoms with Crippen molar-refractivity contribution in [1.82, 2.24) is 10.2 Å². The number of carbonyl (C=O) groups excluding carboxylic acids is 2. The summed E-state index contributed by atoms with van der Waals surface area (Å²) in [6, 6.07) is 21.0. The number of rotatable bonds is 12. The van der Waals surface area contributed by atoms with Crippen LogP contribution in [-0.2, 0) is 32.6 Å². The van der Waals surface area contributed by atoms with E-state index in [1.54, 1.807) is 12.1 Å². The van der Waals surface area contributed by atoms with Crippen molar-refractivity contribution in [1.29, 1.82) is 0 Å². The number of methoxy groups -OCH3 is 1. The number of sulfonamides is 1. The molecule has 0 spiro atoms. The van der Waals surface area contributed by atoms with Crippen molar-refractivity contribution in [2.75, 3.05) is 24.2 Å². The minimum absolute atomic E-state index is 0.0457. The molecular weight excluding hydrogens is 586 g/mol. The van der Waals surface area contributed by atoms with Crippen LogP contribution in [0.25, 0.3) is 0 Å². The molecule has 8 nitrogen and oxygen atoms in total. The zero-order valence-electron chi connectivity index (χ0n) is 25.0. The predicted octanol–water partition coefficient (Wildman–Crippen LogP) is 5.51. The van der Waals surface area contributed by atoms with Gasteiger partial charge in [-0.3, -0.25) is 13.9 Å². The molecule has 0 radical (unpaired) electrons. The molecule has 4 rings (SSSR count). The topological polar surface area (TPSA) is 96.0 Å². The molecule has 1 aliphatic carbocycles. The summed E-state index contributed by atoms with van der Waals surface area (Å²) in [4.78, 5) is 29.8. The molecule has 0 aromatic heterocycles. The van der Waals surface area contributed by atoms with Gasteiger partial charge in [0.25, 0.3) is 0 Å². The van der Waals surface area contributed by atoms with Crippen LogP contribution in [0.5, 0.6) is 5.75 Å². The number of halogens is 1. The molecule has 1 fully saturated rings. The van der Waals surface area contributed by atoms with Gasteiger partial charge in [-0.15, -0.1) is 0 Å². The van der Waals surface area contributed by atoms with Crippen LogP contribution in [0.3, 0.4) is 0 Å². The van der Waals surface area contributed by atoms with Gasteiger partial charge in [-0.1, -0.05) is 91.0 Å². The van der Waals surface area contributed by atoms with Gasteiger partial charge in [0.2, 0.25) is 21.8 Å². The lowest BCUT2D eigenvalue weighted by Gasteiger charge is -2.35. The van der Waals surface area contributed by atoms with Gasteiger partial charge in [-0.25, -0.2) is 8.42 Å². The molecule has 3 aromatic carbocycles. The second kappa shape index (κ2) is 14.8. The summed E-state index contributed by atoms with van der Waals surface area (Å²) in [6.07, 6.45) is 6.37. The Labute approximate surface area is 260 Å². The highest BCUT2D eigenvalue weighted by Crippen LogP contribution is 2.30. The summed E-state index contributed by atoms with van der Waals surface area (Å²) in [5.74, 6) is -0.359. The third-order valence-corrected chi connectivity index (χ3v) is 9.20. The number of benzene rings is 3. The largest absolute Gasteiger partial charge is 0.495 e. The van der Waals surface area contributed by atoms with Gasteiger partial charge in [-0.2, -0.15) is 0 Å². The van der Waals surface area contributed by atoms with Crippen LogP contribution in [0.4, 0.5) is 5.69 Å². The highest BCUT2D eigenvalue weighted by Gasteiger charge is 2.34. The van der Waals surface area contributed by atoms with Crippen LogP contribution >= 0.6 is 11.6 Å². The van der Waals surface area contributed by atoms with E-state index >= 15 is 0 Å². The number of carbonyl (C=O) groups is 2. The number of hydrogen-bond donors (Lipinski definition) is 1. The van der Waals surface area contributed by atoms with Crippen LogP contribution in [0.15, 0.2) is 72.8 Å². The molecule has 1 aliphatic rings. The number of anilines is 1. The first-order chi connectivity index (χ1) is 20.5. The molecule has 1 saturated carbocycles. The van der Waals surface area contributed by atoms with Gasteiger partial charge in [0, 0.05) is 19.0 Å². The molecule has 0 aliphatic heterocycles. The van der Waals surface area contributed by atoms with Crippen molar-refractivity contribution in [3.63, 3.8) is 0 Å². The van der Waals surface area contributed by atoms with Gasteiger partial charge in [0.1, 0.15) is 18.3 Å². The lowest BCUT2D eigenvalue weighted by molar-refractivity contribution is -0.140. The van der Waals surface area contributed by atoms with E-state index < -0.39 is 28.5 Å². The monoisotopic (exact) mass is 625 g/mol. The predicted molar refractivity (Wildman–Crippen MR) is 171 cm³/mol. The van der Waals surface area contributed by atoms with Gasteiger partial charge < -0.3 is 15.0 Å². The van der Waals surface area contributed by atoms with Gasteiger partial charge >= 0.3 is 0 Å². The third kappa shape index (κ3) is 8.97. The second-order valence-electron chi connectivity index (χ2n) is 11.1. The van der Waals surface area contributed by atoms with E-state index in [9.17, 15) is 18.0 Å². The quantitative estimate of drug-likeness (QED) is 0.286. The minimum Gasteiger partial charge on any atom is -0.495 e. The lowest BCUT2D eigenvalue weighted by atomic mass is 9.94. The summed E-state index contributed by atoms with van der Waals surface area (Å²) >= 11 is 6.33. The normalized spacial score (nSPS) is 14.5. The van der Waals surface area contributed by atoms with Crippen molar-refractivity contribution < 1.29 is 22.7 Å². The fraction of sp³-hybridized carbons (Fsp3) is 0.394. The lowest BCUT2D eigenvalue weighted by Crippen LogP contribution is -2.55. The Bertz CT molecular complexity index is 1510. The van der Waals surface area contributed by atoms with Gasteiger partial charge in [0.05, 0.1) is 24.1 Å². The minimum atomic E-state index is -3.90. The fourth-order valence-corrected chi connectivity index (χ4v) is 6.62. The van der Waals surface area contributed by atoms with E-state index in [-0.39, 0.29) is 35.6 Å². The van der Waals surface area contributed by atoms with Crippen LogP contribution in [-0.4, -0.2) is 57.1 Å². The Kier molecular flexibility index (Phi) is 11.1. The first kappa shape index (κ1) is 32.4. The number of ether oxygens (including phenoxy) is 1. The summed E-state index contributed by atoms with van der Waals surface area (Å²) in [5, 5.41) is 3.43. The van der Waals surface area contributed by atoms with Crippen molar-refractivity contribution in [2.45, 2.75) is 64.1 Å². The van der Waals surface area contributed by atoms with Crippen LogP contribution < -0.4 is 14.4 Å². The van der Waals surface area contributed by atoms with Crippen molar-refractivity contribution in [3.05, 3.63) is 94.5 Å². The second-order valence-corrected chi connectivity index (χ2v) is 13.5. The maximum absolute atomic E-state index is 14.3. The van der Waals surface area contributed by atoms with Crippen molar-refractivity contribution >= 4 is 39.1 Å². The maximum atomic E-state index is 14.3. The Morgan fingerprint density at radius 2 is 1.67 bits per heavy atom. The molecule has 3 aromatic rings. The van der Waals surface area contributed by atoms with Crippen molar-refractivity contribution in [3.8, 4) is 5.75 Å². The van der Waals surface area contributed by atoms with Crippen LogP contribution in [0.1, 0.15) is 48.8 Å². The van der Waals surface area contributed by atoms with E-state index in [1.165, 1.54) is 18.1 Å². The van der Waals surface area contributed by atoms with Crippen LogP contribution in [0.2, 0.25) is 5.02 Å². The number of aryl methyl sites for hydroxylation is 1.